The molecule has 0 atom stereocenters. The van der Waals surface area contributed by atoms with E-state index in [0.717, 1.165) is 8.66 Å². The molecule has 0 saturated carbocycles. The summed E-state index contributed by atoms with van der Waals surface area (Å²) in [6.07, 6.45) is 0. The summed E-state index contributed by atoms with van der Waals surface area (Å²) >= 11 is 8.00. The van der Waals surface area contributed by atoms with E-state index in [2.05, 4.69) is 31.9 Å². The molecule has 0 radical (unpaired) electrons. The Kier molecular flexibility index (Phi) is 4.06. The van der Waals surface area contributed by atoms with Gasteiger partial charge in [0.1, 0.15) is 18.2 Å². The fraction of sp³-hybridized carbons (Fsp3) is 0.0909. The maximum atomic E-state index is 13.3. The first kappa shape index (κ1) is 12.9. The second-order valence-electron chi connectivity index (χ2n) is 3.30. The Bertz CT molecular complexity index is 544. The van der Waals surface area contributed by atoms with Crippen LogP contribution in [0.1, 0.15) is 4.88 Å². The van der Waals surface area contributed by atoms with Crippen LogP contribution < -0.4 is 10.5 Å². The maximum absolute atomic E-state index is 13.3. The van der Waals surface area contributed by atoms with Crippen LogP contribution in [-0.2, 0) is 6.61 Å². The van der Waals surface area contributed by atoms with Gasteiger partial charge in [0.25, 0.3) is 0 Å². The van der Waals surface area contributed by atoms with E-state index in [1.165, 1.54) is 12.1 Å². The van der Waals surface area contributed by atoms with Crippen LogP contribution >= 0.6 is 43.2 Å². The minimum absolute atomic E-state index is 0.334. The summed E-state index contributed by atoms with van der Waals surface area (Å²) < 4.78 is 20.1. The lowest BCUT2D eigenvalue weighted by molar-refractivity contribution is 0.310. The molecule has 0 spiro atoms. The van der Waals surface area contributed by atoms with Crippen molar-refractivity contribution in [2.75, 3.05) is 5.73 Å². The third-order valence-corrected chi connectivity index (χ3v) is 4.26. The molecule has 2 aromatic rings. The Labute approximate surface area is 119 Å². The van der Waals surface area contributed by atoms with Crippen LogP contribution in [0.25, 0.3) is 0 Å². The molecule has 2 nitrogen and oxygen atoms in total. The summed E-state index contributed by atoms with van der Waals surface area (Å²) in [6, 6.07) is 6.66. The number of benzene rings is 1. The molecule has 0 aliphatic heterocycles. The smallest absolute Gasteiger partial charge is 0.145 e. The van der Waals surface area contributed by atoms with Crippen molar-refractivity contribution in [3.63, 3.8) is 0 Å². The van der Waals surface area contributed by atoms with E-state index in [-0.39, 0.29) is 5.82 Å². The van der Waals surface area contributed by atoms with Gasteiger partial charge in [-0.2, -0.15) is 0 Å². The van der Waals surface area contributed by atoms with E-state index in [1.807, 2.05) is 12.1 Å². The molecular weight excluding hydrogens is 373 g/mol. The lowest BCUT2D eigenvalue weighted by atomic mass is 10.3. The molecule has 2 rings (SSSR count). The largest absolute Gasteiger partial charge is 0.486 e. The summed E-state index contributed by atoms with van der Waals surface area (Å²) in [5, 5.41) is 0. The van der Waals surface area contributed by atoms with Crippen LogP contribution in [0.4, 0.5) is 10.1 Å². The Hall–Kier alpha value is -0.590. The van der Waals surface area contributed by atoms with Crippen LogP contribution in [0.15, 0.2) is 32.5 Å². The van der Waals surface area contributed by atoms with Crippen LogP contribution in [0.3, 0.4) is 0 Å². The van der Waals surface area contributed by atoms with Gasteiger partial charge in [0.05, 0.1) is 13.9 Å². The number of nitrogens with two attached hydrogens (primary N) is 1. The number of anilines is 1. The number of halogens is 3. The Morgan fingerprint density at radius 2 is 2.06 bits per heavy atom. The lowest BCUT2D eigenvalue weighted by Gasteiger charge is -2.08. The van der Waals surface area contributed by atoms with Crippen molar-refractivity contribution in [1.29, 1.82) is 0 Å². The van der Waals surface area contributed by atoms with E-state index in [1.54, 1.807) is 11.3 Å². The van der Waals surface area contributed by atoms with E-state index >= 15 is 0 Å². The highest BCUT2D eigenvalue weighted by molar-refractivity contribution is 9.11. The van der Waals surface area contributed by atoms with Gasteiger partial charge in [0.2, 0.25) is 0 Å². The quantitative estimate of drug-likeness (QED) is 0.791. The minimum atomic E-state index is -0.387. The first-order valence-electron chi connectivity index (χ1n) is 4.68. The zero-order valence-electron chi connectivity index (χ0n) is 8.54. The number of hydrogen-bond acceptors (Lipinski definition) is 3. The van der Waals surface area contributed by atoms with Gasteiger partial charge in [0.15, 0.2) is 0 Å². The fourth-order valence-corrected chi connectivity index (χ4v) is 3.00. The van der Waals surface area contributed by atoms with Gasteiger partial charge < -0.3 is 10.5 Å². The van der Waals surface area contributed by atoms with Crippen molar-refractivity contribution < 1.29 is 9.13 Å². The van der Waals surface area contributed by atoms with E-state index in [4.69, 9.17) is 10.5 Å². The number of thiophene rings is 1. The normalized spacial score (nSPS) is 10.5. The molecule has 0 unspecified atom stereocenters. The van der Waals surface area contributed by atoms with E-state index in [0.29, 0.717) is 22.5 Å². The van der Waals surface area contributed by atoms with Crippen molar-refractivity contribution in [3.05, 3.63) is 43.2 Å². The average Bonchev–Trinajstić information content (AvgIpc) is 2.68. The SMILES string of the molecule is Nc1cc(Br)c(F)cc1OCc1ccc(Br)s1. The highest BCUT2D eigenvalue weighted by atomic mass is 79.9. The second-order valence-corrected chi connectivity index (χ2v) is 6.70. The van der Waals surface area contributed by atoms with Crippen molar-refractivity contribution in [3.8, 4) is 5.75 Å². The number of nitrogen functional groups attached to an aromatic ring is 1. The predicted octanol–water partition coefficient (Wildman–Crippen LogP) is 4.57. The molecular formula is C11H8Br2FNOS. The Morgan fingerprint density at radius 3 is 2.71 bits per heavy atom. The molecule has 2 N–H and O–H groups in total. The minimum Gasteiger partial charge on any atom is -0.486 e. The highest BCUT2D eigenvalue weighted by Gasteiger charge is 2.08. The Balaban J connectivity index is 2.11. The summed E-state index contributed by atoms with van der Waals surface area (Å²) in [7, 11) is 0. The molecule has 0 aliphatic rings. The average molecular weight is 381 g/mol. The third kappa shape index (κ3) is 3.20. The van der Waals surface area contributed by atoms with Gasteiger partial charge in [-0.05, 0) is 50.1 Å². The topological polar surface area (TPSA) is 35.2 Å². The van der Waals surface area contributed by atoms with E-state index in [9.17, 15) is 4.39 Å². The molecule has 0 fully saturated rings. The first-order chi connectivity index (χ1) is 8.06. The molecule has 17 heavy (non-hydrogen) atoms. The predicted molar refractivity (Wildman–Crippen MR) is 74.9 cm³/mol. The number of hydrogen-bond donors (Lipinski definition) is 1. The summed E-state index contributed by atoms with van der Waals surface area (Å²) in [5.74, 6) is -0.0308. The first-order valence-corrected chi connectivity index (χ1v) is 7.08. The fourth-order valence-electron chi connectivity index (χ4n) is 1.25. The molecule has 1 aromatic carbocycles. The van der Waals surface area contributed by atoms with Gasteiger partial charge in [0, 0.05) is 10.9 Å². The van der Waals surface area contributed by atoms with Gasteiger partial charge in [-0.1, -0.05) is 0 Å². The molecule has 1 heterocycles. The molecule has 90 valence electrons. The monoisotopic (exact) mass is 379 g/mol. The van der Waals surface area contributed by atoms with Crippen LogP contribution in [-0.4, -0.2) is 0 Å². The molecule has 0 saturated heterocycles. The highest BCUT2D eigenvalue weighted by Crippen LogP contribution is 2.30. The molecule has 0 aliphatic carbocycles. The molecule has 0 amide bonds. The maximum Gasteiger partial charge on any atom is 0.145 e. The molecule has 1 aromatic heterocycles. The van der Waals surface area contributed by atoms with Crippen molar-refractivity contribution in [1.82, 2.24) is 0 Å². The van der Waals surface area contributed by atoms with Crippen molar-refractivity contribution in [2.45, 2.75) is 6.61 Å². The van der Waals surface area contributed by atoms with Crippen LogP contribution in [0.2, 0.25) is 0 Å². The molecule has 6 heteroatoms. The molecule has 0 bridgehead atoms. The van der Waals surface area contributed by atoms with Gasteiger partial charge in [-0.25, -0.2) is 4.39 Å². The summed E-state index contributed by atoms with van der Waals surface area (Å²) in [6.45, 7) is 0.377. The number of ether oxygens (including phenoxy) is 1. The third-order valence-electron chi connectivity index (χ3n) is 2.05. The van der Waals surface area contributed by atoms with Gasteiger partial charge >= 0.3 is 0 Å². The lowest BCUT2D eigenvalue weighted by Crippen LogP contribution is -1.98. The summed E-state index contributed by atoms with van der Waals surface area (Å²) in [5.41, 5.74) is 6.14. The van der Waals surface area contributed by atoms with Gasteiger partial charge in [-0.15, -0.1) is 11.3 Å². The zero-order chi connectivity index (χ0) is 12.4. The van der Waals surface area contributed by atoms with E-state index < -0.39 is 0 Å². The summed E-state index contributed by atoms with van der Waals surface area (Å²) in [4.78, 5) is 1.04. The van der Waals surface area contributed by atoms with Crippen molar-refractivity contribution >= 4 is 48.9 Å². The van der Waals surface area contributed by atoms with Crippen molar-refractivity contribution in [2.24, 2.45) is 0 Å². The Morgan fingerprint density at radius 1 is 1.29 bits per heavy atom. The standard InChI is InChI=1S/C11H8Br2FNOS/c12-7-3-9(15)10(4-8(7)14)16-5-6-1-2-11(13)17-6/h1-4H,5,15H2. The van der Waals surface area contributed by atoms with Crippen LogP contribution in [0, 0.1) is 5.82 Å². The van der Waals surface area contributed by atoms with Crippen LogP contribution in [0.5, 0.6) is 5.75 Å². The second kappa shape index (κ2) is 5.37. The van der Waals surface area contributed by atoms with Gasteiger partial charge in [-0.3, -0.25) is 0 Å². The number of rotatable bonds is 3. The zero-order valence-corrected chi connectivity index (χ0v) is 12.5.